The van der Waals surface area contributed by atoms with Crippen molar-refractivity contribution >= 4 is 46.6 Å². The molecule has 7 heteroatoms. The third kappa shape index (κ3) is 7.16. The van der Waals surface area contributed by atoms with E-state index in [0.717, 1.165) is 50.8 Å². The maximum absolute atomic E-state index is 14.4. The second-order valence-electron chi connectivity index (χ2n) is 13.5. The maximum atomic E-state index is 14.4. The van der Waals surface area contributed by atoms with E-state index in [2.05, 4.69) is 77.8 Å². The molecule has 0 saturated heterocycles. The standard InChI is InChI=1S/C41H43N3O2S2/c1-2-9-31-16-19-37(47-31)38-20-21-39(48-38)40(46)33-18-17-32(34-24-27-11-6-7-12-28(27)25-35(33)34)36(23-26-10-8-15-30(45)22-26)44-41(42)43-29-13-4-3-5-14-29/h6-8,10-12,15-16,19-22,24-25,29,32-36,45H,3-5,13-14,17-18,23H2,1H3,(H3,42,43,44). The van der Waals surface area contributed by atoms with Gasteiger partial charge in [0.25, 0.3) is 0 Å². The van der Waals surface area contributed by atoms with Crippen LogP contribution in [0, 0.1) is 35.5 Å². The lowest BCUT2D eigenvalue weighted by atomic mass is 9.61. The Kier molecular flexibility index (Phi) is 9.83. The van der Waals surface area contributed by atoms with Crippen LogP contribution in [0.5, 0.6) is 5.75 Å². The average molecular weight is 674 g/mol. The Hall–Kier alpha value is -4.12. The molecule has 246 valence electrons. The van der Waals surface area contributed by atoms with Gasteiger partial charge in [0.05, 0.1) is 15.8 Å². The van der Waals surface area contributed by atoms with Crippen molar-refractivity contribution in [1.29, 1.82) is 0 Å². The van der Waals surface area contributed by atoms with Gasteiger partial charge in [0.15, 0.2) is 11.7 Å². The molecule has 0 radical (unpaired) electrons. The average Bonchev–Trinajstić information content (AvgIpc) is 3.77. The van der Waals surface area contributed by atoms with Gasteiger partial charge in [-0.3, -0.25) is 9.79 Å². The fourth-order valence-electron chi connectivity index (χ4n) is 8.10. The minimum absolute atomic E-state index is 0.00908. The largest absolute Gasteiger partial charge is 0.508 e. The smallest absolute Gasteiger partial charge is 0.189 e. The number of benzene rings is 2. The van der Waals surface area contributed by atoms with Crippen molar-refractivity contribution in [3.05, 3.63) is 98.6 Å². The van der Waals surface area contributed by atoms with Gasteiger partial charge in [-0.15, -0.1) is 28.6 Å². The van der Waals surface area contributed by atoms with Gasteiger partial charge in [0, 0.05) is 21.7 Å². The van der Waals surface area contributed by atoms with Crippen LogP contribution in [0.4, 0.5) is 0 Å². The highest BCUT2D eigenvalue weighted by atomic mass is 32.1. The zero-order valence-electron chi connectivity index (χ0n) is 27.4. The van der Waals surface area contributed by atoms with Gasteiger partial charge >= 0.3 is 0 Å². The number of Topliss-reactive ketones (excluding diaryl/α,β-unsaturated/α-hetero) is 1. The number of carbonyl (C=O) groups is 1. The first-order valence-electron chi connectivity index (χ1n) is 17.3. The van der Waals surface area contributed by atoms with Crippen LogP contribution in [0.15, 0.2) is 77.8 Å². The molecular formula is C41H43N3O2S2. The molecule has 4 aromatic rings. The van der Waals surface area contributed by atoms with Crippen LogP contribution in [0.25, 0.3) is 21.9 Å². The molecule has 0 bridgehead atoms. The van der Waals surface area contributed by atoms with Crippen molar-refractivity contribution < 1.29 is 9.90 Å². The molecule has 2 aromatic carbocycles. The van der Waals surface area contributed by atoms with Crippen LogP contribution in [0.1, 0.15) is 72.0 Å². The van der Waals surface area contributed by atoms with Gasteiger partial charge < -0.3 is 16.2 Å². The topological polar surface area (TPSA) is 87.7 Å². The number of aliphatic imine (C=N–C) groups is 1. The third-order valence-corrected chi connectivity index (χ3v) is 12.6. The molecule has 48 heavy (non-hydrogen) atoms. The number of aromatic hydroxyl groups is 1. The molecule has 0 amide bonds. The molecule has 2 saturated carbocycles. The van der Waals surface area contributed by atoms with Gasteiger partial charge in [-0.1, -0.05) is 73.7 Å². The fourth-order valence-corrected chi connectivity index (χ4v) is 10.1. The summed E-state index contributed by atoms with van der Waals surface area (Å²) in [5, 5.41) is 16.4. The van der Waals surface area contributed by atoms with Gasteiger partial charge in [-0.25, -0.2) is 0 Å². The Morgan fingerprint density at radius 2 is 1.67 bits per heavy atom. The molecule has 3 aliphatic rings. The minimum Gasteiger partial charge on any atom is -0.508 e. The first kappa shape index (κ1) is 32.4. The zero-order valence-corrected chi connectivity index (χ0v) is 29.0. The number of fused-ring (bicyclic) bond motifs is 2. The molecule has 5 atom stereocenters. The number of rotatable bonds is 8. The first-order chi connectivity index (χ1) is 23.4. The van der Waals surface area contributed by atoms with Crippen LogP contribution >= 0.6 is 22.7 Å². The van der Waals surface area contributed by atoms with E-state index in [-0.39, 0.29) is 47.3 Å². The lowest BCUT2D eigenvalue weighted by Crippen LogP contribution is -2.52. The highest BCUT2D eigenvalue weighted by Gasteiger charge is 2.44. The lowest BCUT2D eigenvalue weighted by molar-refractivity contribution is 0.0768. The lowest BCUT2D eigenvalue weighted by Gasteiger charge is -2.45. The molecule has 4 N–H and O–H groups in total. The van der Waals surface area contributed by atoms with Crippen LogP contribution < -0.4 is 21.5 Å². The summed E-state index contributed by atoms with van der Waals surface area (Å²) < 4.78 is 0. The van der Waals surface area contributed by atoms with E-state index in [9.17, 15) is 9.90 Å². The van der Waals surface area contributed by atoms with Crippen LogP contribution in [0.3, 0.4) is 0 Å². The Labute approximate surface area is 291 Å². The molecule has 2 heterocycles. The quantitative estimate of drug-likeness (QED) is 0.0805. The Morgan fingerprint density at radius 3 is 2.44 bits per heavy atom. The number of guanidine groups is 1. The number of phenols is 1. The molecule has 5 unspecified atom stereocenters. The zero-order chi connectivity index (χ0) is 33.0. The third-order valence-electron chi connectivity index (χ3n) is 10.3. The fraction of sp³-hybridized carbons (Fsp3) is 0.366. The predicted molar refractivity (Wildman–Crippen MR) is 200 cm³/mol. The molecule has 3 aliphatic carbocycles. The van der Waals surface area contributed by atoms with Gasteiger partial charge in [-0.2, -0.15) is 0 Å². The summed E-state index contributed by atoms with van der Waals surface area (Å²) in [4.78, 5) is 23.5. The number of nitrogens with two attached hydrogens (primary N) is 1. The van der Waals surface area contributed by atoms with E-state index in [1.807, 2.05) is 25.1 Å². The Balaban J connectivity index is 1.20. The van der Waals surface area contributed by atoms with Gasteiger partial charge in [-0.05, 0) is 109 Å². The summed E-state index contributed by atoms with van der Waals surface area (Å²) in [6, 6.07) is 24.6. The normalized spacial score (nSPS) is 23.0. The SMILES string of the molecule is CC#Cc1ccc(-c2ccc(C(=O)C3CCC(C(Cc4cccc(O)c4)NC(N)=NC4CCCCC4)C4C=c5ccccc5=CC34)s2)s1. The highest BCUT2D eigenvalue weighted by Crippen LogP contribution is 2.46. The molecule has 0 aliphatic heterocycles. The molecule has 5 nitrogen and oxygen atoms in total. The number of hydrogen-bond donors (Lipinski definition) is 3. The number of ketones is 1. The molecular weight excluding hydrogens is 631 g/mol. The van der Waals surface area contributed by atoms with E-state index in [1.54, 1.807) is 28.7 Å². The number of thiophene rings is 2. The van der Waals surface area contributed by atoms with E-state index in [1.165, 1.54) is 29.7 Å². The van der Waals surface area contributed by atoms with Crippen LogP contribution in [0.2, 0.25) is 0 Å². The Morgan fingerprint density at radius 1 is 0.917 bits per heavy atom. The van der Waals surface area contributed by atoms with Crippen LogP contribution in [-0.4, -0.2) is 28.9 Å². The van der Waals surface area contributed by atoms with Gasteiger partial charge in [0.1, 0.15) is 5.75 Å². The van der Waals surface area contributed by atoms with Gasteiger partial charge in [0.2, 0.25) is 0 Å². The van der Waals surface area contributed by atoms with E-state index < -0.39 is 0 Å². The predicted octanol–water partition coefficient (Wildman–Crippen LogP) is 7.12. The summed E-state index contributed by atoms with van der Waals surface area (Å²) in [5.74, 6) is 7.46. The van der Waals surface area contributed by atoms with Crippen molar-refractivity contribution in [2.24, 2.45) is 34.4 Å². The van der Waals surface area contributed by atoms with E-state index >= 15 is 0 Å². The van der Waals surface area contributed by atoms with Crippen molar-refractivity contribution in [1.82, 2.24) is 5.32 Å². The minimum atomic E-state index is -0.109. The maximum Gasteiger partial charge on any atom is 0.189 e. The van der Waals surface area contributed by atoms with E-state index in [0.29, 0.717) is 12.4 Å². The van der Waals surface area contributed by atoms with Crippen molar-refractivity contribution in [3.8, 4) is 27.3 Å². The number of hydrogen-bond acceptors (Lipinski definition) is 5. The second kappa shape index (κ2) is 14.6. The summed E-state index contributed by atoms with van der Waals surface area (Å²) in [7, 11) is 0. The van der Waals surface area contributed by atoms with Crippen molar-refractivity contribution in [2.75, 3.05) is 0 Å². The number of carbonyl (C=O) groups excluding carboxylic acids is 1. The number of phenolic OH excluding ortho intramolecular Hbond substituents is 1. The highest BCUT2D eigenvalue weighted by molar-refractivity contribution is 7.23. The van der Waals surface area contributed by atoms with Crippen molar-refractivity contribution in [3.63, 3.8) is 0 Å². The summed E-state index contributed by atoms with van der Waals surface area (Å²) in [6.07, 6.45) is 13.0. The Bertz CT molecular complexity index is 1990. The van der Waals surface area contributed by atoms with Crippen LogP contribution in [-0.2, 0) is 6.42 Å². The monoisotopic (exact) mass is 673 g/mol. The number of nitrogens with zero attached hydrogens (tertiary/aromatic N) is 1. The van der Waals surface area contributed by atoms with E-state index in [4.69, 9.17) is 10.7 Å². The first-order valence-corrected chi connectivity index (χ1v) is 18.9. The molecule has 2 aromatic heterocycles. The molecule has 7 rings (SSSR count). The van der Waals surface area contributed by atoms with Crippen molar-refractivity contribution in [2.45, 2.75) is 70.4 Å². The second-order valence-corrected chi connectivity index (χ2v) is 15.6. The summed E-state index contributed by atoms with van der Waals surface area (Å²) in [5.41, 5.74) is 7.73. The molecule has 0 spiro atoms. The molecule has 2 fully saturated rings. The number of nitrogens with one attached hydrogen (secondary N) is 1. The summed E-state index contributed by atoms with van der Waals surface area (Å²) >= 11 is 3.27. The summed E-state index contributed by atoms with van der Waals surface area (Å²) in [6.45, 7) is 1.85.